The van der Waals surface area contributed by atoms with E-state index in [4.69, 9.17) is 4.74 Å². The number of halogens is 1. The Morgan fingerprint density at radius 2 is 1.74 bits per heavy atom. The molecule has 0 radical (unpaired) electrons. The van der Waals surface area contributed by atoms with Crippen LogP contribution in [-0.2, 0) is 4.79 Å². The van der Waals surface area contributed by atoms with Crippen LogP contribution in [0.25, 0.3) is 0 Å². The number of pyridine rings is 1. The number of para-hydroxylation sites is 1. The van der Waals surface area contributed by atoms with Crippen molar-refractivity contribution in [2.45, 2.75) is 38.3 Å². The molecule has 2 heterocycles. The van der Waals surface area contributed by atoms with Crippen molar-refractivity contribution in [3.05, 3.63) is 96.1 Å². The molecule has 3 aromatic rings. The molecule has 1 aliphatic rings. The third-order valence-electron chi connectivity index (χ3n) is 6.53. The summed E-state index contributed by atoms with van der Waals surface area (Å²) in [6.45, 7) is 6.60. The lowest BCUT2D eigenvalue weighted by molar-refractivity contribution is -0.127. The minimum atomic E-state index is -0.414. The van der Waals surface area contributed by atoms with E-state index in [9.17, 15) is 9.18 Å². The van der Waals surface area contributed by atoms with Gasteiger partial charge < -0.3 is 10.1 Å². The lowest BCUT2D eigenvalue weighted by Crippen LogP contribution is -2.53. The zero-order valence-electron chi connectivity index (χ0n) is 19.8. The zero-order valence-corrected chi connectivity index (χ0v) is 19.8. The summed E-state index contributed by atoms with van der Waals surface area (Å²) in [7, 11) is 0. The number of piperidine rings is 1. The van der Waals surface area contributed by atoms with E-state index in [-0.39, 0.29) is 23.2 Å². The number of rotatable bonds is 8. The fourth-order valence-electron chi connectivity index (χ4n) is 4.41. The van der Waals surface area contributed by atoms with Crippen molar-refractivity contribution in [3.63, 3.8) is 0 Å². The van der Waals surface area contributed by atoms with Gasteiger partial charge in [-0.25, -0.2) is 4.39 Å². The second-order valence-electron chi connectivity index (χ2n) is 9.42. The normalized spacial score (nSPS) is 16.1. The van der Waals surface area contributed by atoms with Gasteiger partial charge in [-0.1, -0.05) is 36.4 Å². The van der Waals surface area contributed by atoms with Crippen LogP contribution in [0.15, 0.2) is 79.0 Å². The molecule has 6 heteroatoms. The van der Waals surface area contributed by atoms with E-state index in [1.54, 1.807) is 18.3 Å². The van der Waals surface area contributed by atoms with E-state index in [1.165, 1.54) is 12.1 Å². The van der Waals surface area contributed by atoms with Crippen molar-refractivity contribution in [3.8, 4) is 5.75 Å². The molecule has 4 rings (SSSR count). The molecule has 1 amide bonds. The summed E-state index contributed by atoms with van der Waals surface area (Å²) in [6.07, 6.45) is 3.26. The van der Waals surface area contributed by atoms with Gasteiger partial charge in [0.05, 0.1) is 11.7 Å². The third kappa shape index (κ3) is 6.00. The number of nitrogens with zero attached hydrogens (tertiary/aromatic N) is 2. The van der Waals surface area contributed by atoms with Crippen molar-refractivity contribution >= 4 is 5.91 Å². The summed E-state index contributed by atoms with van der Waals surface area (Å²) in [5, 5.41) is 3.17. The predicted octanol–water partition coefficient (Wildman–Crippen LogP) is 5.00. The van der Waals surface area contributed by atoms with Crippen LogP contribution in [0.1, 0.15) is 44.0 Å². The lowest BCUT2D eigenvalue weighted by Gasteiger charge is -2.42. The van der Waals surface area contributed by atoms with Crippen LogP contribution in [0.4, 0.5) is 4.39 Å². The zero-order chi connectivity index (χ0) is 24.0. The van der Waals surface area contributed by atoms with Gasteiger partial charge in [0.15, 0.2) is 0 Å². The first-order chi connectivity index (χ1) is 16.4. The Balaban J connectivity index is 1.36. The van der Waals surface area contributed by atoms with Gasteiger partial charge >= 0.3 is 0 Å². The lowest BCUT2D eigenvalue weighted by atomic mass is 9.91. The maximum Gasteiger partial charge on any atom is 0.224 e. The quantitative estimate of drug-likeness (QED) is 0.513. The second-order valence-corrected chi connectivity index (χ2v) is 9.42. The molecule has 2 aromatic carbocycles. The number of ether oxygens (including phenoxy) is 1. The largest absolute Gasteiger partial charge is 0.492 e. The number of nitrogens with one attached hydrogen (secondary N) is 1. The highest BCUT2D eigenvalue weighted by atomic mass is 19.1. The van der Waals surface area contributed by atoms with Crippen molar-refractivity contribution in [2.24, 2.45) is 5.92 Å². The molecule has 0 aliphatic carbocycles. The predicted molar refractivity (Wildman–Crippen MR) is 131 cm³/mol. The number of likely N-dealkylation sites (tertiary alicyclic amines) is 1. The molecular formula is C28H32FN3O2. The highest BCUT2D eigenvalue weighted by Crippen LogP contribution is 2.27. The number of carbonyl (C=O) groups is 1. The Bertz CT molecular complexity index is 1050. The highest BCUT2D eigenvalue weighted by Gasteiger charge is 2.34. The number of hydrogen-bond donors (Lipinski definition) is 1. The highest BCUT2D eigenvalue weighted by molar-refractivity contribution is 5.79. The maximum absolute atomic E-state index is 13.5. The Labute approximate surface area is 201 Å². The van der Waals surface area contributed by atoms with Crippen LogP contribution in [-0.4, -0.2) is 41.0 Å². The molecule has 5 nitrogen and oxygen atoms in total. The summed E-state index contributed by atoms with van der Waals surface area (Å²) in [5.41, 5.74) is 1.41. The number of aromatic nitrogens is 1. The van der Waals surface area contributed by atoms with Gasteiger partial charge in [0.2, 0.25) is 5.91 Å². The molecule has 1 N–H and O–H groups in total. The number of benzene rings is 2. The fourth-order valence-corrected chi connectivity index (χ4v) is 4.41. The molecule has 178 valence electrons. The standard InChI is InChI=1S/C28H32FN3O2/c1-28(2,20-34-24-8-4-3-5-9-24)32-18-15-22(16-19-32)27(33)31-26(25-10-6-7-17-30-25)21-11-13-23(29)14-12-21/h3-14,17,22,26H,15-16,18-20H2,1-2H3,(H,31,33)/t26-/m0/s1. The molecule has 1 aromatic heterocycles. The summed E-state index contributed by atoms with van der Waals surface area (Å²) >= 11 is 0. The molecule has 0 unspecified atom stereocenters. The molecule has 0 bridgehead atoms. The topological polar surface area (TPSA) is 54.5 Å². The van der Waals surface area contributed by atoms with Crippen LogP contribution in [0, 0.1) is 11.7 Å². The number of hydrogen-bond acceptors (Lipinski definition) is 4. The fraction of sp³-hybridized carbons (Fsp3) is 0.357. The second kappa shape index (κ2) is 10.8. The Morgan fingerprint density at radius 3 is 2.38 bits per heavy atom. The van der Waals surface area contributed by atoms with E-state index in [0.29, 0.717) is 6.61 Å². The Morgan fingerprint density at radius 1 is 1.06 bits per heavy atom. The average molecular weight is 462 g/mol. The molecule has 1 saturated heterocycles. The van der Waals surface area contributed by atoms with Crippen molar-refractivity contribution in [2.75, 3.05) is 19.7 Å². The van der Waals surface area contributed by atoms with E-state index in [1.807, 2.05) is 48.5 Å². The SMILES string of the molecule is CC(C)(COc1ccccc1)N1CCC(C(=O)N[C@@H](c2ccc(F)cc2)c2ccccn2)CC1. The summed E-state index contributed by atoms with van der Waals surface area (Å²) in [5.74, 6) is 0.499. The van der Waals surface area contributed by atoms with E-state index >= 15 is 0 Å². The van der Waals surface area contributed by atoms with Crippen LogP contribution in [0.5, 0.6) is 5.75 Å². The van der Waals surface area contributed by atoms with Gasteiger partial charge in [-0.15, -0.1) is 0 Å². The van der Waals surface area contributed by atoms with Gasteiger partial charge in [0, 0.05) is 17.7 Å². The van der Waals surface area contributed by atoms with Gasteiger partial charge in [-0.3, -0.25) is 14.7 Å². The van der Waals surface area contributed by atoms with Crippen molar-refractivity contribution in [1.29, 1.82) is 0 Å². The summed E-state index contributed by atoms with van der Waals surface area (Å²) in [6, 6.07) is 21.3. The number of amides is 1. The Kier molecular flexibility index (Phi) is 7.58. The number of carbonyl (C=O) groups excluding carboxylic acids is 1. The molecule has 0 spiro atoms. The summed E-state index contributed by atoms with van der Waals surface area (Å²) in [4.78, 5) is 20.1. The van der Waals surface area contributed by atoms with Crippen LogP contribution < -0.4 is 10.1 Å². The first kappa shape index (κ1) is 23.9. The van der Waals surface area contributed by atoms with Gasteiger partial charge in [-0.2, -0.15) is 0 Å². The maximum atomic E-state index is 13.5. The van der Waals surface area contributed by atoms with E-state index in [2.05, 4.69) is 29.0 Å². The average Bonchev–Trinajstić information content (AvgIpc) is 2.88. The monoisotopic (exact) mass is 461 g/mol. The first-order valence-corrected chi connectivity index (χ1v) is 11.8. The molecule has 34 heavy (non-hydrogen) atoms. The smallest absolute Gasteiger partial charge is 0.224 e. The molecule has 0 saturated carbocycles. The first-order valence-electron chi connectivity index (χ1n) is 11.8. The molecule has 1 atom stereocenters. The van der Waals surface area contributed by atoms with E-state index < -0.39 is 6.04 Å². The summed E-state index contributed by atoms with van der Waals surface area (Å²) < 4.78 is 19.5. The molecular weight excluding hydrogens is 429 g/mol. The molecule has 1 aliphatic heterocycles. The Hall–Kier alpha value is -3.25. The minimum Gasteiger partial charge on any atom is -0.492 e. The van der Waals surface area contributed by atoms with Gasteiger partial charge in [0.25, 0.3) is 0 Å². The third-order valence-corrected chi connectivity index (χ3v) is 6.53. The van der Waals surface area contributed by atoms with Gasteiger partial charge in [0.1, 0.15) is 18.2 Å². The van der Waals surface area contributed by atoms with Crippen molar-refractivity contribution < 1.29 is 13.9 Å². The van der Waals surface area contributed by atoms with Crippen molar-refractivity contribution in [1.82, 2.24) is 15.2 Å². The van der Waals surface area contributed by atoms with Crippen LogP contribution in [0.3, 0.4) is 0 Å². The minimum absolute atomic E-state index is 0.0120. The van der Waals surface area contributed by atoms with E-state index in [0.717, 1.165) is 42.9 Å². The van der Waals surface area contributed by atoms with Crippen LogP contribution in [0.2, 0.25) is 0 Å². The van der Waals surface area contributed by atoms with Crippen LogP contribution >= 0.6 is 0 Å². The molecule has 1 fully saturated rings. The van der Waals surface area contributed by atoms with Gasteiger partial charge in [-0.05, 0) is 81.7 Å².